The van der Waals surface area contributed by atoms with Crippen LogP contribution in [0.2, 0.25) is 0 Å². The molecule has 1 aliphatic heterocycles. The number of amides is 1. The maximum absolute atomic E-state index is 13.7. The lowest BCUT2D eigenvalue weighted by atomic mass is 9.73. The van der Waals surface area contributed by atoms with E-state index < -0.39 is 11.5 Å². The molecule has 0 fully saturated rings. The zero-order valence-corrected chi connectivity index (χ0v) is 19.4. The summed E-state index contributed by atoms with van der Waals surface area (Å²) in [6.07, 6.45) is 2.40. The molecule has 2 heterocycles. The van der Waals surface area contributed by atoms with Crippen LogP contribution in [0.15, 0.2) is 53.5 Å². The molecule has 1 aromatic heterocycles. The number of hydrogen-bond acceptors (Lipinski definition) is 5. The maximum Gasteiger partial charge on any atom is 0.268 e. The van der Waals surface area contributed by atoms with E-state index in [1.165, 1.54) is 4.57 Å². The number of aromatic nitrogens is 1. The number of fused-ring (bicyclic) bond motifs is 2. The molecule has 0 saturated carbocycles. The van der Waals surface area contributed by atoms with Crippen molar-refractivity contribution in [3.8, 4) is 17.2 Å². The first-order valence-corrected chi connectivity index (χ1v) is 11.3. The summed E-state index contributed by atoms with van der Waals surface area (Å²) in [5, 5.41) is 2.83. The standard InChI is InChI=1S/C27H26N2O5/c1-16-4-7-18(8-5-16)29-15-20-19(13-27(2,3)14-21(20)30)24(26(29)32)25(31)28-17-6-9-22-23(12-17)34-11-10-33-22/h4-9,12,15H,10-11,13-14H2,1-3H3,(H,28,31). The molecule has 34 heavy (non-hydrogen) atoms. The van der Waals surface area contributed by atoms with Gasteiger partial charge in [-0.1, -0.05) is 31.5 Å². The van der Waals surface area contributed by atoms with E-state index in [0.29, 0.717) is 60.1 Å². The van der Waals surface area contributed by atoms with Crippen molar-refractivity contribution in [1.29, 1.82) is 0 Å². The molecule has 5 rings (SSSR count). The Hall–Kier alpha value is -3.87. The fourth-order valence-corrected chi connectivity index (χ4v) is 4.59. The molecule has 0 spiro atoms. The predicted molar refractivity (Wildman–Crippen MR) is 129 cm³/mol. The van der Waals surface area contributed by atoms with Crippen LogP contribution >= 0.6 is 0 Å². The zero-order chi connectivity index (χ0) is 24.0. The third kappa shape index (κ3) is 3.98. The van der Waals surface area contributed by atoms with Crippen molar-refractivity contribution >= 4 is 17.4 Å². The minimum Gasteiger partial charge on any atom is -0.486 e. The van der Waals surface area contributed by atoms with Crippen molar-refractivity contribution in [1.82, 2.24) is 4.57 Å². The lowest BCUT2D eigenvalue weighted by Gasteiger charge is -2.31. The van der Waals surface area contributed by atoms with Gasteiger partial charge in [-0.05, 0) is 48.6 Å². The van der Waals surface area contributed by atoms with Gasteiger partial charge in [0, 0.05) is 35.6 Å². The summed E-state index contributed by atoms with van der Waals surface area (Å²) in [7, 11) is 0. The Bertz CT molecular complexity index is 1370. The van der Waals surface area contributed by atoms with E-state index in [2.05, 4.69) is 5.32 Å². The minimum atomic E-state index is -0.551. The Morgan fingerprint density at radius 2 is 1.68 bits per heavy atom. The number of ketones is 1. The lowest BCUT2D eigenvalue weighted by molar-refractivity contribution is 0.0910. The number of carbonyl (C=O) groups excluding carboxylic acids is 2. The monoisotopic (exact) mass is 458 g/mol. The molecule has 1 amide bonds. The fourth-order valence-electron chi connectivity index (χ4n) is 4.59. The second kappa shape index (κ2) is 8.17. The van der Waals surface area contributed by atoms with Crippen LogP contribution in [0.25, 0.3) is 5.69 Å². The van der Waals surface area contributed by atoms with Crippen LogP contribution in [0.3, 0.4) is 0 Å². The van der Waals surface area contributed by atoms with Crippen molar-refractivity contribution in [3.63, 3.8) is 0 Å². The van der Waals surface area contributed by atoms with Crippen LogP contribution < -0.4 is 20.3 Å². The lowest BCUT2D eigenvalue weighted by Crippen LogP contribution is -2.37. The Morgan fingerprint density at radius 1 is 0.971 bits per heavy atom. The highest BCUT2D eigenvalue weighted by Gasteiger charge is 2.36. The Kier molecular flexibility index (Phi) is 5.27. The second-order valence-electron chi connectivity index (χ2n) is 9.66. The van der Waals surface area contributed by atoms with E-state index >= 15 is 0 Å². The Balaban J connectivity index is 1.62. The number of Topliss-reactive ketones (excluding diaryl/α,β-unsaturated/α-hetero) is 1. The van der Waals surface area contributed by atoms with Gasteiger partial charge in [0.05, 0.1) is 0 Å². The summed E-state index contributed by atoms with van der Waals surface area (Å²) in [6.45, 7) is 6.80. The first-order valence-electron chi connectivity index (χ1n) is 11.3. The molecule has 7 nitrogen and oxygen atoms in total. The average Bonchev–Trinajstić information content (AvgIpc) is 2.78. The predicted octanol–water partition coefficient (Wildman–Crippen LogP) is 4.32. The Morgan fingerprint density at radius 3 is 2.41 bits per heavy atom. The summed E-state index contributed by atoms with van der Waals surface area (Å²) in [5.41, 5.74) is 2.25. The number of ether oxygens (including phenoxy) is 2. The van der Waals surface area contributed by atoms with Gasteiger partial charge in [-0.2, -0.15) is 0 Å². The van der Waals surface area contributed by atoms with Crippen molar-refractivity contribution in [2.45, 2.75) is 33.6 Å². The van der Waals surface area contributed by atoms with Crippen molar-refractivity contribution in [3.05, 3.63) is 81.3 Å². The van der Waals surface area contributed by atoms with Gasteiger partial charge in [0.25, 0.3) is 11.5 Å². The summed E-state index contributed by atoms with van der Waals surface area (Å²) >= 11 is 0. The number of hydrogen-bond donors (Lipinski definition) is 1. The highest BCUT2D eigenvalue weighted by Crippen LogP contribution is 2.36. The van der Waals surface area contributed by atoms with Crippen LogP contribution in [-0.4, -0.2) is 29.5 Å². The quantitative estimate of drug-likeness (QED) is 0.632. The second-order valence-corrected chi connectivity index (χ2v) is 9.66. The highest BCUT2D eigenvalue weighted by molar-refractivity contribution is 6.08. The van der Waals surface area contributed by atoms with Gasteiger partial charge in [0.15, 0.2) is 17.3 Å². The van der Waals surface area contributed by atoms with Gasteiger partial charge >= 0.3 is 0 Å². The molecule has 174 valence electrons. The first kappa shape index (κ1) is 21.9. The number of nitrogens with one attached hydrogen (secondary N) is 1. The summed E-state index contributed by atoms with van der Waals surface area (Å²) in [4.78, 5) is 40.2. The molecule has 1 aliphatic carbocycles. The van der Waals surface area contributed by atoms with Crippen LogP contribution in [0.5, 0.6) is 11.5 Å². The first-order chi connectivity index (χ1) is 16.2. The molecule has 0 atom stereocenters. The van der Waals surface area contributed by atoms with E-state index in [9.17, 15) is 14.4 Å². The maximum atomic E-state index is 13.7. The van der Waals surface area contributed by atoms with Crippen molar-refractivity contribution in [2.24, 2.45) is 5.41 Å². The molecule has 3 aromatic rings. The number of rotatable bonds is 3. The van der Waals surface area contributed by atoms with Gasteiger partial charge < -0.3 is 14.8 Å². The third-order valence-corrected chi connectivity index (χ3v) is 6.25. The van der Waals surface area contributed by atoms with E-state index in [1.807, 2.05) is 45.0 Å². The molecule has 7 heteroatoms. The molecular formula is C27H26N2O5. The highest BCUT2D eigenvalue weighted by atomic mass is 16.6. The molecule has 2 aromatic carbocycles. The van der Waals surface area contributed by atoms with E-state index in [4.69, 9.17) is 9.47 Å². The topological polar surface area (TPSA) is 86.6 Å². The largest absolute Gasteiger partial charge is 0.486 e. The van der Waals surface area contributed by atoms with Crippen LogP contribution in [0, 0.1) is 12.3 Å². The van der Waals surface area contributed by atoms with Gasteiger partial charge in [-0.25, -0.2) is 0 Å². The van der Waals surface area contributed by atoms with Gasteiger partial charge in [-0.3, -0.25) is 19.0 Å². The number of benzene rings is 2. The number of pyridine rings is 1. The zero-order valence-electron chi connectivity index (χ0n) is 19.4. The van der Waals surface area contributed by atoms with E-state index in [-0.39, 0.29) is 16.8 Å². The summed E-state index contributed by atoms with van der Waals surface area (Å²) < 4.78 is 12.5. The van der Waals surface area contributed by atoms with Crippen LogP contribution in [-0.2, 0) is 6.42 Å². The van der Waals surface area contributed by atoms with E-state index in [1.54, 1.807) is 24.4 Å². The molecule has 0 radical (unpaired) electrons. The van der Waals surface area contributed by atoms with Gasteiger partial charge in [0.1, 0.15) is 18.8 Å². The normalized spacial score (nSPS) is 16.0. The SMILES string of the molecule is Cc1ccc(-n2cc3c(c(C(=O)Nc4ccc5c(c4)OCCO5)c2=O)CC(C)(C)CC3=O)cc1. The van der Waals surface area contributed by atoms with Gasteiger partial charge in [0.2, 0.25) is 0 Å². The van der Waals surface area contributed by atoms with E-state index in [0.717, 1.165) is 5.56 Å². The summed E-state index contributed by atoms with van der Waals surface area (Å²) in [5.74, 6) is 0.522. The fraction of sp³-hybridized carbons (Fsp3) is 0.296. The molecule has 0 bridgehead atoms. The van der Waals surface area contributed by atoms with Crippen molar-refractivity contribution in [2.75, 3.05) is 18.5 Å². The molecule has 0 unspecified atom stereocenters. The number of nitrogens with zero attached hydrogens (tertiary/aromatic N) is 1. The number of carbonyl (C=O) groups is 2. The molecule has 0 saturated heterocycles. The average molecular weight is 459 g/mol. The number of anilines is 1. The van der Waals surface area contributed by atoms with Crippen LogP contribution in [0.1, 0.15) is 52.1 Å². The van der Waals surface area contributed by atoms with Gasteiger partial charge in [-0.15, -0.1) is 0 Å². The number of aryl methyl sites for hydroxylation is 1. The molecule has 2 aliphatic rings. The summed E-state index contributed by atoms with van der Waals surface area (Å²) in [6, 6.07) is 12.5. The third-order valence-electron chi connectivity index (χ3n) is 6.25. The Labute approximate surface area is 197 Å². The smallest absolute Gasteiger partial charge is 0.268 e. The minimum absolute atomic E-state index is 0.00547. The van der Waals surface area contributed by atoms with Crippen molar-refractivity contribution < 1.29 is 19.1 Å². The molecular weight excluding hydrogens is 432 g/mol. The van der Waals surface area contributed by atoms with Crippen LogP contribution in [0.4, 0.5) is 5.69 Å². The molecule has 1 N–H and O–H groups in total.